The van der Waals surface area contributed by atoms with Crippen LogP contribution in [0.4, 0.5) is 5.82 Å². The van der Waals surface area contributed by atoms with E-state index >= 15 is 0 Å². The zero-order valence-electron chi connectivity index (χ0n) is 14.7. The molecule has 0 fully saturated rings. The van der Waals surface area contributed by atoms with Crippen LogP contribution in [0.25, 0.3) is 0 Å². The molecule has 26 heavy (non-hydrogen) atoms. The van der Waals surface area contributed by atoms with Crippen LogP contribution in [0.15, 0.2) is 61.2 Å². The molecule has 6 heteroatoms. The lowest BCUT2D eigenvalue weighted by molar-refractivity contribution is 0.0927. The summed E-state index contributed by atoms with van der Waals surface area (Å²) in [7, 11) is 2.01. The molecular formula is C20H21N5O. The van der Waals surface area contributed by atoms with Crippen LogP contribution < -0.4 is 10.2 Å². The molecular weight excluding hydrogens is 326 g/mol. The molecule has 0 spiro atoms. The maximum atomic E-state index is 12.8. The van der Waals surface area contributed by atoms with Gasteiger partial charge in [0.15, 0.2) is 0 Å². The van der Waals surface area contributed by atoms with E-state index in [1.165, 1.54) is 5.56 Å². The minimum atomic E-state index is -0.165. The van der Waals surface area contributed by atoms with E-state index < -0.39 is 0 Å². The number of anilines is 1. The zero-order chi connectivity index (χ0) is 17.9. The summed E-state index contributed by atoms with van der Waals surface area (Å²) >= 11 is 0. The molecule has 1 aromatic carbocycles. The molecule has 0 saturated heterocycles. The Kier molecular flexibility index (Phi) is 4.39. The summed E-state index contributed by atoms with van der Waals surface area (Å²) in [5.74, 6) is 0.741. The Hall–Kier alpha value is -3.15. The third-order valence-corrected chi connectivity index (χ3v) is 4.73. The van der Waals surface area contributed by atoms with Crippen molar-refractivity contribution in [2.24, 2.45) is 0 Å². The molecule has 0 radical (unpaired) electrons. The summed E-state index contributed by atoms with van der Waals surface area (Å²) < 4.78 is 1.96. The lowest BCUT2D eigenvalue weighted by Crippen LogP contribution is -2.32. The summed E-state index contributed by atoms with van der Waals surface area (Å²) in [6, 6.07) is 13.6. The first-order valence-corrected chi connectivity index (χ1v) is 8.73. The molecule has 0 aliphatic carbocycles. The molecule has 3 heterocycles. The average Bonchev–Trinajstić information content (AvgIpc) is 3.31. The number of fused-ring (bicyclic) bond motifs is 1. The number of hydrogen-bond donors (Lipinski definition) is 1. The van der Waals surface area contributed by atoms with Crippen molar-refractivity contribution in [1.82, 2.24) is 19.9 Å². The molecule has 1 aliphatic rings. The van der Waals surface area contributed by atoms with Crippen LogP contribution in [-0.2, 0) is 13.0 Å². The number of carbonyl (C=O) groups excluding carboxylic acids is 1. The van der Waals surface area contributed by atoms with Crippen LogP contribution in [0.1, 0.15) is 27.7 Å². The van der Waals surface area contributed by atoms with Gasteiger partial charge in [0.1, 0.15) is 11.5 Å². The summed E-state index contributed by atoms with van der Waals surface area (Å²) in [6.45, 7) is 1.56. The van der Waals surface area contributed by atoms with Crippen molar-refractivity contribution < 1.29 is 4.79 Å². The van der Waals surface area contributed by atoms with Crippen molar-refractivity contribution in [3.8, 4) is 0 Å². The number of imidazole rings is 1. The second-order valence-electron chi connectivity index (χ2n) is 6.55. The molecule has 1 amide bonds. The number of pyridine rings is 1. The number of rotatable bonds is 5. The van der Waals surface area contributed by atoms with Gasteiger partial charge in [0.2, 0.25) is 0 Å². The van der Waals surface area contributed by atoms with E-state index in [-0.39, 0.29) is 11.9 Å². The summed E-state index contributed by atoms with van der Waals surface area (Å²) in [5.41, 5.74) is 2.69. The Morgan fingerprint density at radius 1 is 1.23 bits per heavy atom. The lowest BCUT2D eigenvalue weighted by atomic mass is 10.1. The molecule has 1 N–H and O–H groups in total. The molecule has 2 aromatic heterocycles. The van der Waals surface area contributed by atoms with E-state index in [9.17, 15) is 4.79 Å². The number of likely N-dealkylation sites (N-methyl/N-ethyl adjacent to an activating group) is 1. The van der Waals surface area contributed by atoms with E-state index in [2.05, 4.69) is 20.2 Å². The predicted octanol–water partition coefficient (Wildman–Crippen LogP) is 2.44. The van der Waals surface area contributed by atoms with Crippen LogP contribution in [0.3, 0.4) is 0 Å². The van der Waals surface area contributed by atoms with Crippen LogP contribution in [0.5, 0.6) is 0 Å². The van der Waals surface area contributed by atoms with Gasteiger partial charge < -0.3 is 14.8 Å². The third kappa shape index (κ3) is 3.31. The number of hydrogen-bond acceptors (Lipinski definition) is 4. The van der Waals surface area contributed by atoms with Crippen LogP contribution >= 0.6 is 0 Å². The maximum Gasteiger partial charge on any atom is 0.270 e. The molecule has 0 saturated carbocycles. The molecule has 6 nitrogen and oxygen atoms in total. The monoisotopic (exact) mass is 347 g/mol. The van der Waals surface area contributed by atoms with Gasteiger partial charge in [0.05, 0.1) is 12.4 Å². The van der Waals surface area contributed by atoms with Gasteiger partial charge in [-0.15, -0.1) is 0 Å². The average molecular weight is 347 g/mol. The fourth-order valence-electron chi connectivity index (χ4n) is 3.28. The number of aromatic nitrogens is 3. The SMILES string of the molecule is CN1CCc2ccc(C(=O)NC(Cn3ccnc3)c3ccccc3)nc21. The molecule has 1 aliphatic heterocycles. The third-order valence-electron chi connectivity index (χ3n) is 4.73. The van der Waals surface area contributed by atoms with Gasteiger partial charge in [-0.05, 0) is 23.6 Å². The van der Waals surface area contributed by atoms with E-state index in [1.807, 2.05) is 60.3 Å². The van der Waals surface area contributed by atoms with E-state index in [0.717, 1.165) is 24.3 Å². The minimum Gasteiger partial charge on any atom is -0.359 e. The largest absolute Gasteiger partial charge is 0.359 e. The summed E-state index contributed by atoms with van der Waals surface area (Å²) in [4.78, 5) is 23.6. The fourth-order valence-corrected chi connectivity index (χ4v) is 3.28. The van der Waals surface area contributed by atoms with Crippen molar-refractivity contribution >= 4 is 11.7 Å². The van der Waals surface area contributed by atoms with Crippen LogP contribution in [0.2, 0.25) is 0 Å². The minimum absolute atomic E-state index is 0.161. The number of nitrogens with one attached hydrogen (secondary N) is 1. The normalized spacial score (nSPS) is 14.1. The quantitative estimate of drug-likeness (QED) is 0.770. The second kappa shape index (κ2) is 7.00. The number of nitrogens with zero attached hydrogens (tertiary/aromatic N) is 4. The highest BCUT2D eigenvalue weighted by atomic mass is 16.1. The molecule has 0 bridgehead atoms. The smallest absolute Gasteiger partial charge is 0.270 e. The Morgan fingerprint density at radius 3 is 2.85 bits per heavy atom. The van der Waals surface area contributed by atoms with E-state index in [4.69, 9.17) is 0 Å². The molecule has 1 atom stereocenters. The Bertz CT molecular complexity index is 892. The van der Waals surface area contributed by atoms with Crippen molar-refractivity contribution in [3.05, 3.63) is 78.0 Å². The van der Waals surface area contributed by atoms with Crippen molar-refractivity contribution in [3.63, 3.8) is 0 Å². The zero-order valence-corrected chi connectivity index (χ0v) is 14.7. The molecule has 1 unspecified atom stereocenters. The van der Waals surface area contributed by atoms with Gasteiger partial charge in [0.25, 0.3) is 5.91 Å². The van der Waals surface area contributed by atoms with Gasteiger partial charge in [0, 0.05) is 32.5 Å². The second-order valence-corrected chi connectivity index (χ2v) is 6.55. The highest BCUT2D eigenvalue weighted by Gasteiger charge is 2.21. The highest BCUT2D eigenvalue weighted by Crippen LogP contribution is 2.24. The molecule has 4 rings (SSSR count). The fraction of sp³-hybridized carbons (Fsp3) is 0.250. The van der Waals surface area contributed by atoms with E-state index in [0.29, 0.717) is 12.2 Å². The first-order chi connectivity index (χ1) is 12.7. The Morgan fingerprint density at radius 2 is 2.08 bits per heavy atom. The highest BCUT2D eigenvalue weighted by molar-refractivity contribution is 5.93. The summed E-state index contributed by atoms with van der Waals surface area (Å²) in [6.07, 6.45) is 6.37. The Balaban J connectivity index is 1.57. The molecule has 132 valence electrons. The van der Waals surface area contributed by atoms with Gasteiger partial charge >= 0.3 is 0 Å². The predicted molar refractivity (Wildman–Crippen MR) is 100 cm³/mol. The number of benzene rings is 1. The standard InChI is InChI=1S/C20H21N5O/c1-24-11-9-16-7-8-17(22-19(16)24)20(26)23-18(13-25-12-10-21-14-25)15-5-3-2-4-6-15/h2-8,10,12,14,18H,9,11,13H2,1H3,(H,23,26). The van der Waals surface area contributed by atoms with Gasteiger partial charge in [-0.2, -0.15) is 0 Å². The van der Waals surface area contributed by atoms with Gasteiger partial charge in [-0.25, -0.2) is 9.97 Å². The summed E-state index contributed by atoms with van der Waals surface area (Å²) in [5, 5.41) is 3.13. The first-order valence-electron chi connectivity index (χ1n) is 8.73. The van der Waals surface area contributed by atoms with Gasteiger partial charge in [-0.3, -0.25) is 4.79 Å². The van der Waals surface area contributed by atoms with Gasteiger partial charge in [-0.1, -0.05) is 36.4 Å². The lowest BCUT2D eigenvalue weighted by Gasteiger charge is -2.20. The van der Waals surface area contributed by atoms with Crippen LogP contribution in [-0.4, -0.2) is 34.0 Å². The first kappa shape index (κ1) is 16.3. The topological polar surface area (TPSA) is 63.1 Å². The van der Waals surface area contributed by atoms with Crippen molar-refractivity contribution in [1.29, 1.82) is 0 Å². The molecule has 3 aromatic rings. The Labute approximate surface area is 152 Å². The van der Waals surface area contributed by atoms with E-state index in [1.54, 1.807) is 12.5 Å². The van der Waals surface area contributed by atoms with Crippen molar-refractivity contribution in [2.45, 2.75) is 19.0 Å². The van der Waals surface area contributed by atoms with Crippen LogP contribution in [0, 0.1) is 0 Å². The number of carbonyl (C=O) groups is 1. The number of amides is 1. The maximum absolute atomic E-state index is 12.8. The van der Waals surface area contributed by atoms with Crippen molar-refractivity contribution in [2.75, 3.05) is 18.5 Å².